The number of amides is 2. The zero-order valence-corrected chi connectivity index (χ0v) is 16.1. The van der Waals surface area contributed by atoms with Crippen LogP contribution in [0.25, 0.3) is 0 Å². The van der Waals surface area contributed by atoms with Crippen LogP contribution in [-0.2, 0) is 11.2 Å². The molecule has 1 aliphatic heterocycles. The van der Waals surface area contributed by atoms with Gasteiger partial charge < -0.3 is 22.1 Å². The largest absolute Gasteiger partial charge is 1.00 e. The van der Waals surface area contributed by atoms with Crippen LogP contribution in [0.2, 0.25) is 0 Å². The van der Waals surface area contributed by atoms with Gasteiger partial charge in [0.05, 0.1) is 0 Å². The van der Waals surface area contributed by atoms with Crippen LogP contribution >= 0.6 is 0 Å². The van der Waals surface area contributed by atoms with E-state index in [4.69, 9.17) is 22.0 Å². The Bertz CT molecular complexity index is 873. The van der Waals surface area contributed by atoms with Gasteiger partial charge in [0, 0.05) is 30.0 Å². The summed E-state index contributed by atoms with van der Waals surface area (Å²) in [5.41, 5.74) is 13.9. The first-order valence-corrected chi connectivity index (χ1v) is 8.47. The van der Waals surface area contributed by atoms with Gasteiger partial charge in [0.25, 0.3) is 0 Å². The fraction of sp³-hybridized carbons (Fsp3) is 0.211. The Morgan fingerprint density at radius 3 is 1.90 bits per heavy atom. The van der Waals surface area contributed by atoms with E-state index in [1.54, 1.807) is 58.3 Å². The standard InChI is InChI=1S/C19H21N5O3.Li.H2O/c20-16(18(25)26)11-12-1-5-14(6-2-12)23-9-10-24(19(23)27)15-7-3-13(4-8-15)17(21)22;;/h1-8,16H,9-11,20H2,(H3,21,22)(H,25,26);;1H2/q;+1;/p-1. The summed E-state index contributed by atoms with van der Waals surface area (Å²) in [5, 5.41) is 16.3. The van der Waals surface area contributed by atoms with Crippen molar-refractivity contribution in [3.8, 4) is 0 Å². The third-order valence-corrected chi connectivity index (χ3v) is 4.52. The molecular weight excluding hydrogens is 369 g/mol. The molecular formula is C19H22LiN5O4. The van der Waals surface area contributed by atoms with Gasteiger partial charge in [-0.25, -0.2) is 4.79 Å². The van der Waals surface area contributed by atoms with Crippen molar-refractivity contribution in [2.75, 3.05) is 22.9 Å². The molecule has 0 saturated carbocycles. The summed E-state index contributed by atoms with van der Waals surface area (Å²) in [6, 6.07) is 13.1. The molecule has 148 valence electrons. The average Bonchev–Trinajstić information content (AvgIpc) is 3.03. The molecule has 29 heavy (non-hydrogen) atoms. The van der Waals surface area contributed by atoms with Crippen LogP contribution in [0.3, 0.4) is 0 Å². The summed E-state index contributed by atoms with van der Waals surface area (Å²) in [4.78, 5) is 26.9. The van der Waals surface area contributed by atoms with Crippen molar-refractivity contribution in [1.29, 1.82) is 5.41 Å². The Morgan fingerprint density at radius 1 is 1.03 bits per heavy atom. The molecule has 7 N–H and O–H groups in total. The molecule has 0 aliphatic carbocycles. The number of benzene rings is 2. The van der Waals surface area contributed by atoms with E-state index in [-0.39, 0.29) is 42.6 Å². The van der Waals surface area contributed by atoms with Crippen molar-refractivity contribution in [2.24, 2.45) is 11.5 Å². The number of urea groups is 1. The van der Waals surface area contributed by atoms with Crippen LogP contribution in [0.1, 0.15) is 11.1 Å². The molecule has 10 heteroatoms. The smallest absolute Gasteiger partial charge is 0.870 e. The van der Waals surface area contributed by atoms with E-state index in [1.165, 1.54) is 0 Å². The molecule has 2 aromatic carbocycles. The topological polar surface area (TPSA) is 167 Å². The molecule has 0 radical (unpaired) electrons. The Labute approximate surface area is 180 Å². The maximum absolute atomic E-state index is 12.8. The van der Waals surface area contributed by atoms with Crippen LogP contribution in [0.4, 0.5) is 16.2 Å². The van der Waals surface area contributed by atoms with Crippen molar-refractivity contribution < 1.29 is 39.0 Å². The second kappa shape index (κ2) is 10.1. The van der Waals surface area contributed by atoms with Gasteiger partial charge in [0.15, 0.2) is 0 Å². The molecule has 3 rings (SSSR count). The van der Waals surface area contributed by atoms with E-state index >= 15 is 0 Å². The van der Waals surface area contributed by atoms with Crippen molar-refractivity contribution >= 4 is 29.2 Å². The molecule has 0 bridgehead atoms. The first-order valence-electron chi connectivity index (χ1n) is 8.47. The predicted octanol–water partition coefficient (Wildman–Crippen LogP) is -1.80. The molecule has 9 nitrogen and oxygen atoms in total. The van der Waals surface area contributed by atoms with Gasteiger partial charge in [0.1, 0.15) is 11.9 Å². The van der Waals surface area contributed by atoms with Crippen molar-refractivity contribution in [3.63, 3.8) is 0 Å². The molecule has 0 spiro atoms. The molecule has 1 heterocycles. The van der Waals surface area contributed by atoms with Crippen molar-refractivity contribution in [3.05, 3.63) is 59.7 Å². The molecule has 2 amide bonds. The summed E-state index contributed by atoms with van der Waals surface area (Å²) in [6.45, 7) is 1.09. The van der Waals surface area contributed by atoms with Gasteiger partial charge in [-0.15, -0.1) is 0 Å². The van der Waals surface area contributed by atoms with E-state index in [0.29, 0.717) is 18.7 Å². The number of aliphatic carboxylic acids is 1. The molecule has 1 atom stereocenters. The quantitative estimate of drug-likeness (QED) is 0.257. The number of nitrogens with one attached hydrogen (secondary N) is 1. The fourth-order valence-electron chi connectivity index (χ4n) is 2.99. The normalized spacial score (nSPS) is 14.0. The molecule has 0 aromatic heterocycles. The van der Waals surface area contributed by atoms with E-state index < -0.39 is 12.0 Å². The number of hydrogen-bond acceptors (Lipinski definition) is 5. The zero-order valence-electron chi connectivity index (χ0n) is 16.1. The summed E-state index contributed by atoms with van der Waals surface area (Å²) in [6.07, 6.45) is 0.234. The molecule has 1 saturated heterocycles. The van der Waals surface area contributed by atoms with E-state index in [2.05, 4.69) is 0 Å². The molecule has 1 aliphatic rings. The summed E-state index contributed by atoms with van der Waals surface area (Å²) in [5.74, 6) is -1.06. The Hall–Kier alpha value is -2.83. The molecule has 1 fully saturated rings. The number of carbonyl (C=O) groups is 2. The van der Waals surface area contributed by atoms with E-state index in [1.807, 2.05) is 0 Å². The van der Waals surface area contributed by atoms with Crippen LogP contribution in [-0.4, -0.2) is 47.6 Å². The second-order valence-corrected chi connectivity index (χ2v) is 6.36. The number of nitrogens with zero attached hydrogens (tertiary/aromatic N) is 2. The van der Waals surface area contributed by atoms with E-state index in [0.717, 1.165) is 16.9 Å². The number of hydrogen-bond donors (Lipinski definition) is 4. The van der Waals surface area contributed by atoms with Crippen LogP contribution in [0.5, 0.6) is 0 Å². The first kappa shape index (κ1) is 24.2. The molecule has 2 aromatic rings. The van der Waals surface area contributed by atoms with Crippen molar-refractivity contribution in [2.45, 2.75) is 12.5 Å². The van der Waals surface area contributed by atoms with E-state index in [9.17, 15) is 9.59 Å². The minimum absolute atomic E-state index is 0. The van der Waals surface area contributed by atoms with Gasteiger partial charge in [-0.1, -0.05) is 12.1 Å². The third-order valence-electron chi connectivity index (χ3n) is 4.52. The maximum Gasteiger partial charge on any atom is 1.00 e. The Balaban J connectivity index is 0.00000210. The van der Waals surface area contributed by atoms with Crippen LogP contribution in [0.15, 0.2) is 48.5 Å². The SMILES string of the molecule is N=C(N)c1ccc(N2CCN(c3ccc(CC(N)C(=O)O)cc3)C2=O)cc1.[Li+].[OH-]. The van der Waals surface area contributed by atoms with Crippen LogP contribution < -0.4 is 40.1 Å². The minimum atomic E-state index is -1.04. The van der Waals surface area contributed by atoms with Gasteiger partial charge >= 0.3 is 30.9 Å². The summed E-state index contributed by atoms with van der Waals surface area (Å²) < 4.78 is 0. The number of carbonyl (C=O) groups excluding carboxylic acids is 1. The average molecular weight is 391 g/mol. The summed E-state index contributed by atoms with van der Waals surface area (Å²) >= 11 is 0. The zero-order chi connectivity index (χ0) is 19.6. The third kappa shape index (κ3) is 5.37. The Kier molecular flexibility index (Phi) is 8.42. The minimum Gasteiger partial charge on any atom is -0.870 e. The van der Waals surface area contributed by atoms with Gasteiger partial charge in [-0.3, -0.25) is 20.0 Å². The van der Waals surface area contributed by atoms with Gasteiger partial charge in [-0.2, -0.15) is 0 Å². The maximum atomic E-state index is 12.8. The van der Waals surface area contributed by atoms with Crippen LogP contribution in [0, 0.1) is 5.41 Å². The fourth-order valence-corrected chi connectivity index (χ4v) is 2.99. The Morgan fingerprint density at radius 2 is 1.48 bits per heavy atom. The van der Waals surface area contributed by atoms with Gasteiger partial charge in [-0.05, 0) is 48.4 Å². The van der Waals surface area contributed by atoms with Gasteiger partial charge in [0.2, 0.25) is 0 Å². The number of nitrogen functional groups attached to an aromatic ring is 1. The first-order chi connectivity index (χ1) is 12.9. The predicted molar refractivity (Wildman–Crippen MR) is 105 cm³/mol. The number of carboxylic acids is 1. The number of amidine groups is 1. The number of anilines is 2. The molecule has 1 unspecified atom stereocenters. The van der Waals surface area contributed by atoms with Crippen molar-refractivity contribution in [1.82, 2.24) is 0 Å². The summed E-state index contributed by atoms with van der Waals surface area (Å²) in [7, 11) is 0. The number of carboxylic acid groups (broad SMARTS) is 1. The second-order valence-electron chi connectivity index (χ2n) is 6.36. The monoisotopic (exact) mass is 391 g/mol. The number of nitrogens with two attached hydrogens (primary N) is 2. The number of rotatable bonds is 6.